The standard InChI is InChI=1S/C23H22Cl2N4O4/c1-32-20-7-16-19(26-11-27-22(16)28-14-2-3-17(24)18(25)6-14)8-21(20)33-15-4-12-9-29(23(30)31)10-13(12)5-15/h2-3,6-8,11-13,15H,4-5,9-10H2,1H3,(H,30,31)(H,26,27,28)/p-1/t12-,13+,15?. The van der Waals surface area contributed by atoms with E-state index >= 15 is 0 Å². The molecule has 1 aliphatic carbocycles. The highest BCUT2D eigenvalue weighted by molar-refractivity contribution is 6.42. The van der Waals surface area contributed by atoms with E-state index in [2.05, 4.69) is 15.3 Å². The average Bonchev–Trinajstić information content (AvgIpc) is 3.35. The molecular weight excluding hydrogens is 467 g/mol. The minimum absolute atomic E-state index is 0.00843. The van der Waals surface area contributed by atoms with Crippen LogP contribution in [0.15, 0.2) is 36.7 Å². The fourth-order valence-corrected chi connectivity index (χ4v) is 5.09. The van der Waals surface area contributed by atoms with Gasteiger partial charge in [0.1, 0.15) is 18.2 Å². The van der Waals surface area contributed by atoms with E-state index in [0.717, 1.165) is 23.9 Å². The first-order valence-corrected chi connectivity index (χ1v) is 11.3. The second-order valence-electron chi connectivity index (χ2n) is 8.40. The Morgan fingerprint density at radius 2 is 1.85 bits per heavy atom. The SMILES string of the molecule is COc1cc2c(Nc3ccc(Cl)c(Cl)c3)ncnc2cc1OC1C[C@@H]2CN(C(=O)[O-])C[C@@H]2C1. The van der Waals surface area contributed by atoms with Crippen molar-refractivity contribution in [1.82, 2.24) is 14.9 Å². The molecule has 1 aliphatic heterocycles. The van der Waals surface area contributed by atoms with E-state index < -0.39 is 6.09 Å². The number of nitrogens with one attached hydrogen (secondary N) is 1. The number of fused-ring (bicyclic) bond motifs is 2. The summed E-state index contributed by atoms with van der Waals surface area (Å²) < 4.78 is 11.9. The molecule has 1 N–H and O–H groups in total. The highest BCUT2D eigenvalue weighted by Crippen LogP contribution is 2.42. The number of ether oxygens (including phenoxy) is 2. The van der Waals surface area contributed by atoms with Gasteiger partial charge in [-0.1, -0.05) is 23.2 Å². The van der Waals surface area contributed by atoms with Gasteiger partial charge in [0.05, 0.1) is 28.8 Å². The molecular formula is C23H21Cl2N4O4-. The lowest BCUT2D eigenvalue weighted by atomic mass is 10.0. The molecule has 1 amide bonds. The summed E-state index contributed by atoms with van der Waals surface area (Å²) in [7, 11) is 1.59. The molecule has 3 atom stereocenters. The smallest absolute Gasteiger partial charge is 0.163 e. The van der Waals surface area contributed by atoms with Gasteiger partial charge in [-0.15, -0.1) is 0 Å². The zero-order valence-corrected chi connectivity index (χ0v) is 19.3. The van der Waals surface area contributed by atoms with Crippen molar-refractivity contribution < 1.29 is 19.4 Å². The third-order valence-corrected chi connectivity index (χ3v) is 7.10. The molecule has 1 saturated carbocycles. The number of aromatic nitrogens is 2. The number of amides is 1. The predicted molar refractivity (Wildman–Crippen MR) is 123 cm³/mol. The molecule has 2 heterocycles. The predicted octanol–water partition coefficient (Wildman–Crippen LogP) is 4.12. The lowest BCUT2D eigenvalue weighted by Gasteiger charge is -2.22. The molecule has 172 valence electrons. The van der Waals surface area contributed by atoms with E-state index in [9.17, 15) is 9.90 Å². The number of methoxy groups -OCH3 is 1. The van der Waals surface area contributed by atoms with Crippen LogP contribution in [0.2, 0.25) is 10.0 Å². The zero-order chi connectivity index (χ0) is 23.1. The number of nitrogens with zero attached hydrogens (tertiary/aromatic N) is 3. The maximum Gasteiger partial charge on any atom is 0.163 e. The van der Waals surface area contributed by atoms with Crippen molar-refractivity contribution in [2.24, 2.45) is 11.8 Å². The second kappa shape index (κ2) is 8.76. The van der Waals surface area contributed by atoms with Crippen LogP contribution >= 0.6 is 23.2 Å². The molecule has 0 bridgehead atoms. The summed E-state index contributed by atoms with van der Waals surface area (Å²) in [5.41, 5.74) is 1.44. The first-order chi connectivity index (χ1) is 15.9. The van der Waals surface area contributed by atoms with Gasteiger partial charge < -0.3 is 29.6 Å². The van der Waals surface area contributed by atoms with Gasteiger partial charge in [0, 0.05) is 30.2 Å². The van der Waals surface area contributed by atoms with Gasteiger partial charge in [-0.3, -0.25) is 0 Å². The Hall–Kier alpha value is -2.97. The monoisotopic (exact) mass is 487 g/mol. The Labute approximate surface area is 200 Å². The van der Waals surface area contributed by atoms with Crippen molar-refractivity contribution in [2.45, 2.75) is 18.9 Å². The largest absolute Gasteiger partial charge is 0.530 e. The summed E-state index contributed by atoms with van der Waals surface area (Å²) in [4.78, 5) is 21.3. The van der Waals surface area contributed by atoms with E-state index in [-0.39, 0.29) is 6.10 Å². The van der Waals surface area contributed by atoms with Crippen LogP contribution in [-0.4, -0.2) is 47.3 Å². The van der Waals surface area contributed by atoms with Crippen molar-refractivity contribution in [3.8, 4) is 11.5 Å². The Morgan fingerprint density at radius 3 is 2.52 bits per heavy atom. The number of rotatable bonds is 5. The second-order valence-corrected chi connectivity index (χ2v) is 9.21. The zero-order valence-electron chi connectivity index (χ0n) is 17.8. The minimum atomic E-state index is -1.09. The van der Waals surface area contributed by atoms with Crippen LogP contribution < -0.4 is 19.9 Å². The van der Waals surface area contributed by atoms with Gasteiger partial charge in [-0.05, 0) is 48.9 Å². The fourth-order valence-electron chi connectivity index (χ4n) is 4.80. The highest BCUT2D eigenvalue weighted by atomic mass is 35.5. The number of hydrogen-bond donors (Lipinski definition) is 1. The van der Waals surface area contributed by atoms with Crippen LogP contribution in [0.1, 0.15) is 12.8 Å². The van der Waals surface area contributed by atoms with Gasteiger partial charge in [0.2, 0.25) is 0 Å². The minimum Gasteiger partial charge on any atom is -0.530 e. The molecule has 1 saturated heterocycles. The molecule has 2 fully saturated rings. The van der Waals surface area contributed by atoms with Crippen molar-refractivity contribution in [2.75, 3.05) is 25.5 Å². The van der Waals surface area contributed by atoms with Crippen LogP contribution in [0, 0.1) is 11.8 Å². The Balaban J connectivity index is 1.37. The van der Waals surface area contributed by atoms with Crippen molar-refractivity contribution in [1.29, 1.82) is 0 Å². The van der Waals surface area contributed by atoms with Crippen LogP contribution in [0.25, 0.3) is 10.9 Å². The normalized spacial score (nSPS) is 21.8. The third-order valence-electron chi connectivity index (χ3n) is 6.36. The third kappa shape index (κ3) is 4.32. The number of halogens is 2. The maximum absolute atomic E-state index is 11.1. The molecule has 0 spiro atoms. The number of carbonyl (C=O) groups excluding carboxylic acids is 1. The molecule has 8 nitrogen and oxygen atoms in total. The number of carbonyl (C=O) groups is 1. The van der Waals surface area contributed by atoms with Crippen molar-refractivity contribution >= 4 is 51.7 Å². The Bertz CT molecular complexity index is 1210. The first-order valence-electron chi connectivity index (χ1n) is 10.6. The lowest BCUT2D eigenvalue weighted by molar-refractivity contribution is -0.264. The van der Waals surface area contributed by atoms with Gasteiger partial charge in [-0.2, -0.15) is 0 Å². The van der Waals surface area contributed by atoms with E-state index in [0.29, 0.717) is 57.8 Å². The first kappa shape index (κ1) is 21.9. The molecule has 1 aromatic heterocycles. The number of hydrogen-bond acceptors (Lipinski definition) is 7. The molecule has 10 heteroatoms. The quantitative estimate of drug-likeness (QED) is 0.577. The maximum atomic E-state index is 11.1. The van der Waals surface area contributed by atoms with Crippen molar-refractivity contribution in [3.63, 3.8) is 0 Å². The van der Waals surface area contributed by atoms with Crippen LogP contribution in [0.4, 0.5) is 16.3 Å². The molecule has 1 unspecified atom stereocenters. The van der Waals surface area contributed by atoms with Gasteiger partial charge in [-0.25, -0.2) is 9.97 Å². The number of benzene rings is 2. The average molecular weight is 488 g/mol. The fraction of sp³-hybridized carbons (Fsp3) is 0.348. The summed E-state index contributed by atoms with van der Waals surface area (Å²) in [6.07, 6.45) is 1.97. The van der Waals surface area contributed by atoms with Crippen LogP contribution in [-0.2, 0) is 0 Å². The van der Waals surface area contributed by atoms with Gasteiger partial charge in [0.25, 0.3) is 0 Å². The molecule has 3 aromatic rings. The number of likely N-dealkylation sites (tertiary alicyclic amines) is 1. The summed E-state index contributed by atoms with van der Waals surface area (Å²) in [5, 5.41) is 16.1. The Morgan fingerprint density at radius 1 is 1.09 bits per heavy atom. The molecule has 2 aliphatic rings. The highest BCUT2D eigenvalue weighted by Gasteiger charge is 2.42. The van der Waals surface area contributed by atoms with Crippen LogP contribution in [0.3, 0.4) is 0 Å². The van der Waals surface area contributed by atoms with Crippen molar-refractivity contribution in [3.05, 3.63) is 46.7 Å². The van der Waals surface area contributed by atoms with E-state index in [1.54, 1.807) is 19.2 Å². The number of anilines is 2. The summed E-state index contributed by atoms with van der Waals surface area (Å²) >= 11 is 12.1. The molecule has 33 heavy (non-hydrogen) atoms. The Kier molecular flexibility index (Phi) is 5.80. The molecule has 2 aromatic carbocycles. The van der Waals surface area contributed by atoms with Crippen LogP contribution in [0.5, 0.6) is 11.5 Å². The van der Waals surface area contributed by atoms with E-state index in [4.69, 9.17) is 32.7 Å². The summed E-state index contributed by atoms with van der Waals surface area (Å²) in [5.74, 6) is 2.36. The summed E-state index contributed by atoms with van der Waals surface area (Å²) in [6.45, 7) is 1.03. The summed E-state index contributed by atoms with van der Waals surface area (Å²) in [6, 6.07) is 8.95. The van der Waals surface area contributed by atoms with E-state index in [1.165, 1.54) is 11.2 Å². The molecule has 5 rings (SSSR count). The molecule has 0 radical (unpaired) electrons. The topological polar surface area (TPSA) is 99.6 Å². The lowest BCUT2D eigenvalue weighted by Crippen LogP contribution is -2.40. The van der Waals surface area contributed by atoms with Gasteiger partial charge >= 0.3 is 0 Å². The van der Waals surface area contributed by atoms with E-state index in [1.807, 2.05) is 18.2 Å². The number of carboxylic acid groups (broad SMARTS) is 1. The van der Waals surface area contributed by atoms with Gasteiger partial charge in [0.15, 0.2) is 11.5 Å².